The molecule has 0 atom stereocenters. The summed E-state index contributed by atoms with van der Waals surface area (Å²) in [6.45, 7) is 14.1. The summed E-state index contributed by atoms with van der Waals surface area (Å²) in [5, 5.41) is 3.13. The van der Waals surface area contributed by atoms with Crippen LogP contribution in [0.2, 0.25) is 0 Å². The molecule has 4 nitrogen and oxygen atoms in total. The summed E-state index contributed by atoms with van der Waals surface area (Å²) in [5.74, 6) is 1.12. The molecule has 184 valence electrons. The van der Waals surface area contributed by atoms with Gasteiger partial charge in [0.2, 0.25) is 5.91 Å². The molecule has 0 aromatic rings. The lowest BCUT2D eigenvalue weighted by atomic mass is 10.0. The Bertz CT molecular complexity index is 419. The lowest BCUT2D eigenvalue weighted by Crippen LogP contribution is -2.55. The first-order chi connectivity index (χ1) is 15.1. The molecule has 1 heterocycles. The lowest BCUT2D eigenvalue weighted by molar-refractivity contribution is -0.933. The third-order valence-corrected chi connectivity index (χ3v) is 7.16. The van der Waals surface area contributed by atoms with Gasteiger partial charge < -0.3 is 14.5 Å². The van der Waals surface area contributed by atoms with Gasteiger partial charge in [-0.2, -0.15) is 0 Å². The van der Waals surface area contributed by atoms with Crippen LogP contribution in [0.25, 0.3) is 0 Å². The minimum atomic E-state index is 0.249. The van der Waals surface area contributed by atoms with E-state index in [1.54, 1.807) is 0 Å². The number of quaternary nitrogens is 1. The van der Waals surface area contributed by atoms with Crippen molar-refractivity contribution in [1.29, 1.82) is 0 Å². The van der Waals surface area contributed by atoms with E-state index < -0.39 is 0 Å². The molecule has 1 amide bonds. The van der Waals surface area contributed by atoms with Crippen molar-refractivity contribution in [1.82, 2.24) is 5.32 Å². The van der Waals surface area contributed by atoms with Gasteiger partial charge in [0.15, 0.2) is 0 Å². The number of nitrogens with zero attached hydrogens (tertiary/aromatic N) is 1. The Morgan fingerprint density at radius 1 is 0.806 bits per heavy atom. The highest BCUT2D eigenvalue weighted by Crippen LogP contribution is 2.15. The van der Waals surface area contributed by atoms with Gasteiger partial charge >= 0.3 is 0 Å². The van der Waals surface area contributed by atoms with E-state index in [9.17, 15) is 4.79 Å². The largest absolute Gasteiger partial charge is 0.370 e. The standard InChI is InChI=1S/C27H54N2O2/c1-4-29(22-24-31-25-23-29)21-17-20-28-27(30)19-16-14-12-10-8-6-5-7-9-11-13-15-18-26(2)3/h26H,4-25H2,1-3H3/p+1. The highest BCUT2D eigenvalue weighted by Gasteiger charge is 2.27. The highest BCUT2D eigenvalue weighted by molar-refractivity contribution is 5.75. The number of unbranched alkanes of at least 4 members (excludes halogenated alkanes) is 11. The van der Waals surface area contributed by atoms with Crippen LogP contribution in [0.5, 0.6) is 0 Å². The first-order valence-corrected chi connectivity index (χ1v) is 13.8. The third-order valence-electron chi connectivity index (χ3n) is 7.16. The topological polar surface area (TPSA) is 38.3 Å². The van der Waals surface area contributed by atoms with Gasteiger partial charge in [0.25, 0.3) is 0 Å². The van der Waals surface area contributed by atoms with Gasteiger partial charge in [-0.05, 0) is 19.3 Å². The molecule has 31 heavy (non-hydrogen) atoms. The molecule has 1 N–H and O–H groups in total. The fraction of sp³-hybridized carbons (Fsp3) is 0.963. The molecule has 1 aliphatic heterocycles. The number of rotatable bonds is 20. The van der Waals surface area contributed by atoms with E-state index in [2.05, 4.69) is 26.1 Å². The van der Waals surface area contributed by atoms with Crippen molar-refractivity contribution in [2.24, 2.45) is 5.92 Å². The number of carbonyl (C=O) groups is 1. The van der Waals surface area contributed by atoms with Crippen LogP contribution in [0, 0.1) is 5.92 Å². The molecular weight excluding hydrogens is 384 g/mol. The second-order valence-electron chi connectivity index (χ2n) is 10.3. The molecule has 1 aliphatic rings. The summed E-state index contributed by atoms with van der Waals surface area (Å²) in [4.78, 5) is 12.0. The van der Waals surface area contributed by atoms with E-state index in [-0.39, 0.29) is 5.91 Å². The number of amides is 1. The predicted molar refractivity (Wildman–Crippen MR) is 133 cm³/mol. The number of nitrogens with one attached hydrogen (secondary N) is 1. The van der Waals surface area contributed by atoms with Crippen molar-refractivity contribution in [3.05, 3.63) is 0 Å². The van der Waals surface area contributed by atoms with Crippen molar-refractivity contribution in [3.63, 3.8) is 0 Å². The molecular formula is C27H55N2O2+. The van der Waals surface area contributed by atoms with E-state index in [0.29, 0.717) is 6.42 Å². The van der Waals surface area contributed by atoms with Gasteiger partial charge in [-0.25, -0.2) is 0 Å². The fourth-order valence-electron chi connectivity index (χ4n) is 4.76. The maximum absolute atomic E-state index is 12.0. The fourth-order valence-corrected chi connectivity index (χ4v) is 4.76. The van der Waals surface area contributed by atoms with Crippen LogP contribution in [-0.4, -0.2) is 56.3 Å². The molecule has 0 aromatic carbocycles. The molecule has 1 fully saturated rings. The van der Waals surface area contributed by atoms with Gasteiger partial charge in [-0.1, -0.05) is 90.9 Å². The smallest absolute Gasteiger partial charge is 0.219 e. The van der Waals surface area contributed by atoms with Crippen LogP contribution in [0.15, 0.2) is 0 Å². The summed E-state index contributed by atoms with van der Waals surface area (Å²) in [5.41, 5.74) is 0. The molecule has 0 radical (unpaired) electrons. The van der Waals surface area contributed by atoms with Gasteiger partial charge in [0.1, 0.15) is 13.1 Å². The Morgan fingerprint density at radius 2 is 1.32 bits per heavy atom. The normalized spacial score (nSPS) is 16.0. The number of hydrogen-bond acceptors (Lipinski definition) is 2. The van der Waals surface area contributed by atoms with Gasteiger partial charge in [-0.3, -0.25) is 4.79 Å². The van der Waals surface area contributed by atoms with Crippen molar-refractivity contribution < 1.29 is 14.0 Å². The van der Waals surface area contributed by atoms with E-state index in [1.165, 1.54) is 83.6 Å². The third kappa shape index (κ3) is 15.8. The van der Waals surface area contributed by atoms with Crippen LogP contribution in [0.3, 0.4) is 0 Å². The van der Waals surface area contributed by atoms with Crippen molar-refractivity contribution in [2.75, 3.05) is 45.9 Å². The van der Waals surface area contributed by atoms with Crippen LogP contribution < -0.4 is 5.32 Å². The maximum Gasteiger partial charge on any atom is 0.219 e. The Balaban J connectivity index is 1.81. The second kappa shape index (κ2) is 18.9. The zero-order valence-electron chi connectivity index (χ0n) is 21.4. The van der Waals surface area contributed by atoms with E-state index in [1.807, 2.05) is 0 Å². The first-order valence-electron chi connectivity index (χ1n) is 13.8. The number of ether oxygens (including phenoxy) is 1. The number of likely N-dealkylation sites (N-methyl/N-ethyl adjacent to an activating group) is 1. The molecule has 4 heteroatoms. The Morgan fingerprint density at radius 3 is 1.84 bits per heavy atom. The summed E-state index contributed by atoms with van der Waals surface area (Å²) < 4.78 is 6.67. The van der Waals surface area contributed by atoms with E-state index in [0.717, 1.165) is 62.6 Å². The maximum atomic E-state index is 12.0. The SMILES string of the molecule is CC[N+]1(CCCNC(=O)CCCCCCCCCCCCCCC(C)C)CCOCC1. The number of hydrogen-bond donors (Lipinski definition) is 1. The van der Waals surface area contributed by atoms with Gasteiger partial charge in [0.05, 0.1) is 26.3 Å². The van der Waals surface area contributed by atoms with Crippen LogP contribution in [0.1, 0.15) is 117 Å². The zero-order valence-corrected chi connectivity index (χ0v) is 21.4. The Hall–Kier alpha value is -0.610. The first kappa shape index (κ1) is 28.4. The zero-order chi connectivity index (χ0) is 22.6. The predicted octanol–water partition coefficient (Wildman–Crippen LogP) is 6.48. The lowest BCUT2D eigenvalue weighted by Gasteiger charge is -2.40. The van der Waals surface area contributed by atoms with Crippen LogP contribution in [-0.2, 0) is 9.53 Å². The summed E-state index contributed by atoms with van der Waals surface area (Å²) >= 11 is 0. The van der Waals surface area contributed by atoms with Crippen molar-refractivity contribution in [3.8, 4) is 0 Å². The Labute approximate surface area is 194 Å². The summed E-state index contributed by atoms with van der Waals surface area (Å²) in [6, 6.07) is 0. The molecule has 0 unspecified atom stereocenters. The van der Waals surface area contributed by atoms with Gasteiger partial charge in [0, 0.05) is 19.4 Å². The monoisotopic (exact) mass is 439 g/mol. The van der Waals surface area contributed by atoms with E-state index >= 15 is 0 Å². The number of carbonyl (C=O) groups excluding carboxylic acids is 1. The van der Waals surface area contributed by atoms with Crippen molar-refractivity contribution >= 4 is 5.91 Å². The quantitative estimate of drug-likeness (QED) is 0.174. The molecule has 1 rings (SSSR count). The molecule has 0 aromatic heterocycles. The summed E-state index contributed by atoms with van der Waals surface area (Å²) in [6.07, 6.45) is 19.4. The van der Waals surface area contributed by atoms with Crippen LogP contribution in [0.4, 0.5) is 0 Å². The average molecular weight is 440 g/mol. The minimum Gasteiger partial charge on any atom is -0.370 e. The Kier molecular flexibility index (Phi) is 17.3. The second-order valence-corrected chi connectivity index (χ2v) is 10.3. The molecule has 0 aliphatic carbocycles. The molecule has 0 bridgehead atoms. The van der Waals surface area contributed by atoms with Crippen LogP contribution >= 0.6 is 0 Å². The summed E-state index contributed by atoms with van der Waals surface area (Å²) in [7, 11) is 0. The van der Waals surface area contributed by atoms with E-state index in [4.69, 9.17) is 4.74 Å². The molecule has 0 spiro atoms. The molecule has 1 saturated heterocycles. The highest BCUT2D eigenvalue weighted by atomic mass is 16.5. The number of morpholine rings is 1. The average Bonchev–Trinajstić information content (AvgIpc) is 2.77. The van der Waals surface area contributed by atoms with Crippen molar-refractivity contribution in [2.45, 2.75) is 117 Å². The minimum absolute atomic E-state index is 0.249. The van der Waals surface area contributed by atoms with Gasteiger partial charge in [-0.15, -0.1) is 0 Å². The molecule has 0 saturated carbocycles.